The van der Waals surface area contributed by atoms with Gasteiger partial charge < -0.3 is 14.8 Å². The van der Waals surface area contributed by atoms with Gasteiger partial charge in [-0.1, -0.05) is 6.07 Å². The highest BCUT2D eigenvalue weighted by molar-refractivity contribution is 5.78. The van der Waals surface area contributed by atoms with Crippen molar-refractivity contribution in [3.63, 3.8) is 0 Å². The van der Waals surface area contributed by atoms with E-state index in [0.29, 0.717) is 6.61 Å². The van der Waals surface area contributed by atoms with E-state index in [1.807, 2.05) is 25.1 Å². The lowest BCUT2D eigenvalue weighted by molar-refractivity contribution is -0.146. The van der Waals surface area contributed by atoms with Crippen LogP contribution in [0.1, 0.15) is 24.1 Å². The second-order valence-corrected chi connectivity index (χ2v) is 3.95. The van der Waals surface area contributed by atoms with Crippen molar-refractivity contribution >= 4 is 5.97 Å². The molecule has 4 nitrogen and oxygen atoms in total. The van der Waals surface area contributed by atoms with Crippen LogP contribution in [0.25, 0.3) is 0 Å². The fourth-order valence-corrected chi connectivity index (χ4v) is 2.10. The van der Waals surface area contributed by atoms with Gasteiger partial charge >= 0.3 is 5.97 Å². The number of ether oxygens (including phenoxy) is 2. The van der Waals surface area contributed by atoms with Crippen molar-refractivity contribution < 1.29 is 14.3 Å². The van der Waals surface area contributed by atoms with Crippen molar-refractivity contribution in [1.29, 1.82) is 0 Å². The molecule has 0 bridgehead atoms. The number of nitrogens with one attached hydrogen (secondary N) is 1. The average molecular weight is 235 g/mol. The molecular formula is C13H17NO3. The van der Waals surface area contributed by atoms with Gasteiger partial charge in [0.25, 0.3) is 0 Å². The number of carbonyl (C=O) groups excluding carboxylic acids is 1. The maximum atomic E-state index is 11.8. The number of rotatable bonds is 3. The molecule has 92 valence electrons. The minimum atomic E-state index is -0.343. The summed E-state index contributed by atoms with van der Waals surface area (Å²) >= 11 is 0. The summed E-state index contributed by atoms with van der Waals surface area (Å²) in [5.74, 6) is 0.617. The van der Waals surface area contributed by atoms with Gasteiger partial charge in [0.1, 0.15) is 11.8 Å². The highest BCUT2D eigenvalue weighted by Crippen LogP contribution is 2.27. The summed E-state index contributed by atoms with van der Waals surface area (Å²) in [5.41, 5.74) is 2.15. The molecule has 0 saturated carbocycles. The minimum Gasteiger partial charge on any atom is -0.497 e. The van der Waals surface area contributed by atoms with Crippen molar-refractivity contribution in [1.82, 2.24) is 5.32 Å². The van der Waals surface area contributed by atoms with Crippen molar-refractivity contribution in [2.24, 2.45) is 0 Å². The molecule has 17 heavy (non-hydrogen) atoms. The van der Waals surface area contributed by atoms with Gasteiger partial charge in [-0.2, -0.15) is 0 Å². The zero-order chi connectivity index (χ0) is 12.3. The number of methoxy groups -OCH3 is 1. The highest BCUT2D eigenvalue weighted by Gasteiger charge is 2.27. The zero-order valence-corrected chi connectivity index (χ0v) is 10.2. The maximum absolute atomic E-state index is 11.8. The number of hydrogen-bond donors (Lipinski definition) is 1. The molecule has 0 aliphatic carbocycles. The van der Waals surface area contributed by atoms with E-state index in [-0.39, 0.29) is 12.0 Å². The second kappa shape index (κ2) is 5.19. The van der Waals surface area contributed by atoms with Crippen LogP contribution in [0.15, 0.2) is 18.2 Å². The lowest BCUT2D eigenvalue weighted by Crippen LogP contribution is -2.36. The number of benzene rings is 1. The lowest BCUT2D eigenvalue weighted by Gasteiger charge is -2.25. The molecule has 1 aliphatic heterocycles. The largest absolute Gasteiger partial charge is 0.497 e. The van der Waals surface area contributed by atoms with E-state index in [9.17, 15) is 4.79 Å². The summed E-state index contributed by atoms with van der Waals surface area (Å²) in [6.07, 6.45) is 0.905. The molecule has 0 aromatic heterocycles. The smallest absolute Gasteiger partial charge is 0.327 e. The van der Waals surface area contributed by atoms with E-state index in [1.54, 1.807) is 7.11 Å². The Bertz CT molecular complexity index is 417. The van der Waals surface area contributed by atoms with Crippen LogP contribution in [0.3, 0.4) is 0 Å². The van der Waals surface area contributed by atoms with Crippen LogP contribution < -0.4 is 10.1 Å². The second-order valence-electron chi connectivity index (χ2n) is 3.95. The van der Waals surface area contributed by atoms with E-state index in [4.69, 9.17) is 9.47 Å². The van der Waals surface area contributed by atoms with E-state index in [0.717, 1.165) is 29.8 Å². The van der Waals surface area contributed by atoms with Crippen LogP contribution in [-0.4, -0.2) is 26.2 Å². The predicted octanol–water partition coefficient (Wildman–Crippen LogP) is 1.45. The fraction of sp³-hybridized carbons (Fsp3) is 0.462. The van der Waals surface area contributed by atoms with Gasteiger partial charge in [-0.15, -0.1) is 0 Å². The third-order valence-corrected chi connectivity index (χ3v) is 2.93. The molecule has 4 heteroatoms. The Hall–Kier alpha value is -1.55. The number of esters is 1. The molecule has 0 amide bonds. The topological polar surface area (TPSA) is 47.6 Å². The first-order valence-corrected chi connectivity index (χ1v) is 5.83. The number of carbonyl (C=O) groups is 1. The van der Waals surface area contributed by atoms with Crippen LogP contribution in [0.4, 0.5) is 0 Å². The molecule has 1 N–H and O–H groups in total. The van der Waals surface area contributed by atoms with Gasteiger partial charge in [0.2, 0.25) is 0 Å². The van der Waals surface area contributed by atoms with Crippen LogP contribution in [0, 0.1) is 0 Å². The summed E-state index contributed by atoms with van der Waals surface area (Å²) in [6.45, 7) is 3.00. The number of fused-ring (bicyclic) bond motifs is 1. The zero-order valence-electron chi connectivity index (χ0n) is 10.2. The fourth-order valence-electron chi connectivity index (χ4n) is 2.10. The van der Waals surface area contributed by atoms with E-state index >= 15 is 0 Å². The van der Waals surface area contributed by atoms with Gasteiger partial charge in [-0.3, -0.25) is 0 Å². The van der Waals surface area contributed by atoms with Gasteiger partial charge in [0, 0.05) is 6.54 Å². The molecule has 0 saturated heterocycles. The standard InChI is InChI=1S/C13H17NO3/c1-3-17-13(15)12-11-5-4-10(16-2)8-9(11)6-7-14-12/h4-5,8,12,14H,3,6-7H2,1-2H3/t12-/m0/s1. The Balaban J connectivity index is 2.28. The summed E-state index contributed by atoms with van der Waals surface area (Å²) < 4.78 is 10.2. The molecular weight excluding hydrogens is 218 g/mol. The molecule has 1 aliphatic rings. The molecule has 1 aromatic carbocycles. The van der Waals surface area contributed by atoms with Gasteiger partial charge in [0.15, 0.2) is 0 Å². The molecule has 1 atom stereocenters. The maximum Gasteiger partial charge on any atom is 0.327 e. The third kappa shape index (κ3) is 2.42. The van der Waals surface area contributed by atoms with Gasteiger partial charge in [-0.05, 0) is 36.6 Å². The molecule has 1 heterocycles. The molecule has 1 aromatic rings. The SMILES string of the molecule is CCOC(=O)[C@H]1NCCc2cc(OC)ccc21. The van der Waals surface area contributed by atoms with Crippen molar-refractivity contribution in [2.45, 2.75) is 19.4 Å². The molecule has 0 unspecified atom stereocenters. The van der Waals surface area contributed by atoms with Gasteiger partial charge in [0.05, 0.1) is 13.7 Å². The quantitative estimate of drug-likeness (QED) is 0.805. The molecule has 0 spiro atoms. The third-order valence-electron chi connectivity index (χ3n) is 2.93. The van der Waals surface area contributed by atoms with Gasteiger partial charge in [-0.25, -0.2) is 4.79 Å². The summed E-state index contributed by atoms with van der Waals surface area (Å²) in [7, 11) is 1.64. The van der Waals surface area contributed by atoms with Crippen LogP contribution in [-0.2, 0) is 16.0 Å². The predicted molar refractivity (Wildman–Crippen MR) is 64.1 cm³/mol. The Kier molecular flexibility index (Phi) is 3.64. The Morgan fingerprint density at radius 1 is 1.53 bits per heavy atom. The van der Waals surface area contributed by atoms with Crippen LogP contribution in [0.5, 0.6) is 5.75 Å². The Morgan fingerprint density at radius 3 is 3.06 bits per heavy atom. The molecule has 0 radical (unpaired) electrons. The number of hydrogen-bond acceptors (Lipinski definition) is 4. The lowest BCUT2D eigenvalue weighted by atomic mass is 9.94. The monoisotopic (exact) mass is 235 g/mol. The molecule has 2 rings (SSSR count). The van der Waals surface area contributed by atoms with Crippen LogP contribution in [0.2, 0.25) is 0 Å². The van der Waals surface area contributed by atoms with Crippen molar-refractivity contribution in [2.75, 3.05) is 20.3 Å². The Labute approximate surface area is 101 Å². The first-order valence-electron chi connectivity index (χ1n) is 5.83. The normalized spacial score (nSPS) is 18.4. The summed E-state index contributed by atoms with van der Waals surface area (Å²) in [5, 5.41) is 3.18. The average Bonchev–Trinajstić information content (AvgIpc) is 2.37. The van der Waals surface area contributed by atoms with Crippen LogP contribution >= 0.6 is 0 Å². The highest BCUT2D eigenvalue weighted by atomic mass is 16.5. The summed E-state index contributed by atoms with van der Waals surface area (Å²) in [6, 6.07) is 5.45. The molecule has 0 fully saturated rings. The van der Waals surface area contributed by atoms with Crippen molar-refractivity contribution in [3.8, 4) is 5.75 Å². The minimum absolute atomic E-state index is 0.210. The van der Waals surface area contributed by atoms with Crippen molar-refractivity contribution in [3.05, 3.63) is 29.3 Å². The van der Waals surface area contributed by atoms with E-state index in [2.05, 4.69) is 5.32 Å². The Morgan fingerprint density at radius 2 is 2.35 bits per heavy atom. The van der Waals surface area contributed by atoms with E-state index in [1.165, 1.54) is 0 Å². The van der Waals surface area contributed by atoms with E-state index < -0.39 is 0 Å². The first kappa shape index (κ1) is 11.9. The first-order chi connectivity index (χ1) is 8.26. The summed E-state index contributed by atoms with van der Waals surface area (Å²) in [4.78, 5) is 11.8.